The maximum atomic E-state index is 10.7. The van der Waals surface area contributed by atoms with E-state index in [0.717, 1.165) is 25.7 Å². The Morgan fingerprint density at radius 2 is 1.39 bits per heavy atom. The van der Waals surface area contributed by atoms with Crippen molar-refractivity contribution in [2.45, 2.75) is 57.8 Å². The first-order valence-corrected chi connectivity index (χ1v) is 8.34. The highest BCUT2D eigenvalue weighted by atomic mass is 16.5. The topological polar surface area (TPSA) is 89.6 Å². The third kappa shape index (κ3) is 9.55. The van der Waals surface area contributed by atoms with E-state index in [4.69, 9.17) is 15.6 Å². The molecule has 0 unspecified atom stereocenters. The second-order valence-corrected chi connectivity index (χ2v) is 5.72. The summed E-state index contributed by atoms with van der Waals surface area (Å²) >= 11 is 0. The van der Waals surface area contributed by atoms with Crippen LogP contribution in [0.5, 0.6) is 5.75 Å². The summed E-state index contributed by atoms with van der Waals surface area (Å²) in [5, 5.41) is 8.80. The zero-order valence-corrected chi connectivity index (χ0v) is 13.6. The number of primary amides is 1. The zero-order valence-electron chi connectivity index (χ0n) is 13.6. The van der Waals surface area contributed by atoms with Crippen LogP contribution in [-0.2, 0) is 4.79 Å². The summed E-state index contributed by atoms with van der Waals surface area (Å²) < 4.78 is 5.59. The number of carboxylic acid groups (broad SMARTS) is 1. The average Bonchev–Trinajstić information content (AvgIpc) is 2.52. The Kier molecular flexibility index (Phi) is 9.52. The monoisotopic (exact) mass is 321 g/mol. The molecule has 0 aliphatic heterocycles. The van der Waals surface area contributed by atoms with Gasteiger partial charge < -0.3 is 15.6 Å². The number of benzene rings is 1. The summed E-state index contributed by atoms with van der Waals surface area (Å²) in [4.78, 5) is 21.3. The maximum Gasteiger partial charge on any atom is 0.335 e. The van der Waals surface area contributed by atoms with Gasteiger partial charge in [-0.2, -0.15) is 0 Å². The first-order valence-electron chi connectivity index (χ1n) is 8.34. The fourth-order valence-electron chi connectivity index (χ4n) is 2.35. The quantitative estimate of drug-likeness (QED) is 0.541. The minimum atomic E-state index is -0.925. The fraction of sp³-hybridized carbons (Fsp3) is 0.556. The molecular formula is C18H27NO4. The van der Waals surface area contributed by atoms with Gasteiger partial charge in [-0.05, 0) is 37.1 Å². The number of amides is 1. The number of ether oxygens (including phenoxy) is 1. The number of rotatable bonds is 13. The lowest BCUT2D eigenvalue weighted by Crippen LogP contribution is -2.09. The maximum absolute atomic E-state index is 10.7. The van der Waals surface area contributed by atoms with Crippen molar-refractivity contribution >= 4 is 11.9 Å². The highest BCUT2D eigenvalue weighted by Gasteiger charge is 2.02. The van der Waals surface area contributed by atoms with Crippen LogP contribution in [0.15, 0.2) is 24.3 Å². The molecule has 0 aliphatic rings. The van der Waals surface area contributed by atoms with Crippen molar-refractivity contribution in [3.63, 3.8) is 0 Å². The zero-order chi connectivity index (χ0) is 16.9. The van der Waals surface area contributed by atoms with Gasteiger partial charge in [0.05, 0.1) is 12.2 Å². The molecule has 3 N–H and O–H groups in total. The molecule has 0 spiro atoms. The summed E-state index contributed by atoms with van der Waals surface area (Å²) in [5.41, 5.74) is 5.36. The van der Waals surface area contributed by atoms with Gasteiger partial charge in [-0.25, -0.2) is 4.79 Å². The lowest BCUT2D eigenvalue weighted by atomic mass is 10.1. The Labute approximate surface area is 137 Å². The molecule has 1 aromatic carbocycles. The van der Waals surface area contributed by atoms with Crippen LogP contribution >= 0.6 is 0 Å². The van der Waals surface area contributed by atoms with Gasteiger partial charge in [0.2, 0.25) is 5.91 Å². The molecule has 0 saturated carbocycles. The number of hydrogen-bond donors (Lipinski definition) is 2. The molecule has 0 saturated heterocycles. The number of carboxylic acids is 1. The molecule has 5 nitrogen and oxygen atoms in total. The number of aromatic carboxylic acids is 1. The van der Waals surface area contributed by atoms with Crippen LogP contribution < -0.4 is 10.5 Å². The lowest BCUT2D eigenvalue weighted by Gasteiger charge is -2.06. The van der Waals surface area contributed by atoms with Gasteiger partial charge in [0, 0.05) is 6.42 Å². The van der Waals surface area contributed by atoms with Crippen LogP contribution in [0.4, 0.5) is 0 Å². The summed E-state index contributed by atoms with van der Waals surface area (Å²) in [6.07, 6.45) is 9.40. The molecule has 0 heterocycles. The third-order valence-electron chi connectivity index (χ3n) is 3.69. The van der Waals surface area contributed by atoms with Crippen LogP contribution in [0.2, 0.25) is 0 Å². The van der Waals surface area contributed by atoms with E-state index in [0.29, 0.717) is 18.8 Å². The largest absolute Gasteiger partial charge is 0.494 e. The first-order chi connectivity index (χ1) is 11.1. The standard InChI is InChI=1S/C18H27NO4/c19-17(20)9-7-5-3-1-2-4-6-8-14-23-16-12-10-15(11-13-16)18(21)22/h10-13H,1-9,14H2,(H2,19,20)(H,21,22). The van der Waals surface area contributed by atoms with Crippen LogP contribution in [0.25, 0.3) is 0 Å². The molecule has 0 fully saturated rings. The molecule has 0 bridgehead atoms. The molecule has 23 heavy (non-hydrogen) atoms. The molecule has 5 heteroatoms. The summed E-state index contributed by atoms with van der Waals surface area (Å²) in [7, 11) is 0. The minimum absolute atomic E-state index is 0.206. The summed E-state index contributed by atoms with van der Waals surface area (Å²) in [5.74, 6) is -0.418. The van der Waals surface area contributed by atoms with E-state index in [1.54, 1.807) is 24.3 Å². The van der Waals surface area contributed by atoms with E-state index < -0.39 is 5.97 Å². The van der Waals surface area contributed by atoms with Crippen molar-refractivity contribution in [2.24, 2.45) is 5.73 Å². The second kappa shape index (κ2) is 11.5. The van der Waals surface area contributed by atoms with Crippen LogP contribution in [-0.4, -0.2) is 23.6 Å². The van der Waals surface area contributed by atoms with Crippen molar-refractivity contribution in [3.05, 3.63) is 29.8 Å². The molecule has 1 rings (SSSR count). The van der Waals surface area contributed by atoms with Crippen molar-refractivity contribution in [1.29, 1.82) is 0 Å². The predicted octanol–water partition coefficient (Wildman–Crippen LogP) is 3.76. The van der Waals surface area contributed by atoms with Gasteiger partial charge in [-0.3, -0.25) is 4.79 Å². The molecule has 1 amide bonds. The third-order valence-corrected chi connectivity index (χ3v) is 3.69. The van der Waals surface area contributed by atoms with Crippen LogP contribution in [0.1, 0.15) is 68.1 Å². The normalized spacial score (nSPS) is 10.4. The smallest absolute Gasteiger partial charge is 0.335 e. The van der Waals surface area contributed by atoms with Gasteiger partial charge in [-0.15, -0.1) is 0 Å². The van der Waals surface area contributed by atoms with E-state index in [-0.39, 0.29) is 11.5 Å². The summed E-state index contributed by atoms with van der Waals surface area (Å²) in [6, 6.07) is 6.48. The highest BCUT2D eigenvalue weighted by Crippen LogP contribution is 2.14. The van der Waals surface area contributed by atoms with Crippen molar-refractivity contribution < 1.29 is 19.4 Å². The Balaban J connectivity index is 1.93. The van der Waals surface area contributed by atoms with E-state index in [9.17, 15) is 9.59 Å². The molecule has 0 radical (unpaired) electrons. The second-order valence-electron chi connectivity index (χ2n) is 5.72. The van der Waals surface area contributed by atoms with Crippen molar-refractivity contribution in [1.82, 2.24) is 0 Å². The van der Waals surface area contributed by atoms with E-state index in [1.165, 1.54) is 25.7 Å². The van der Waals surface area contributed by atoms with Gasteiger partial charge >= 0.3 is 5.97 Å². The van der Waals surface area contributed by atoms with Crippen LogP contribution in [0.3, 0.4) is 0 Å². The van der Waals surface area contributed by atoms with Gasteiger partial charge in [-0.1, -0.05) is 38.5 Å². The van der Waals surface area contributed by atoms with Crippen molar-refractivity contribution in [3.8, 4) is 5.75 Å². The predicted molar refractivity (Wildman–Crippen MR) is 89.6 cm³/mol. The van der Waals surface area contributed by atoms with E-state index in [1.807, 2.05) is 0 Å². The number of nitrogens with two attached hydrogens (primary N) is 1. The number of carbonyl (C=O) groups excluding carboxylic acids is 1. The summed E-state index contributed by atoms with van der Waals surface area (Å²) in [6.45, 7) is 0.658. The Morgan fingerprint density at radius 3 is 1.91 bits per heavy atom. The van der Waals surface area contributed by atoms with E-state index >= 15 is 0 Å². The molecule has 0 aliphatic carbocycles. The van der Waals surface area contributed by atoms with Gasteiger partial charge in [0.1, 0.15) is 5.75 Å². The van der Waals surface area contributed by atoms with Crippen molar-refractivity contribution in [2.75, 3.05) is 6.61 Å². The Morgan fingerprint density at radius 1 is 0.870 bits per heavy atom. The average molecular weight is 321 g/mol. The molecule has 128 valence electrons. The molecule has 0 aromatic heterocycles. The van der Waals surface area contributed by atoms with Gasteiger partial charge in [0.25, 0.3) is 0 Å². The highest BCUT2D eigenvalue weighted by molar-refractivity contribution is 5.87. The molecular weight excluding hydrogens is 294 g/mol. The molecule has 0 atom stereocenters. The lowest BCUT2D eigenvalue weighted by molar-refractivity contribution is -0.118. The Hall–Kier alpha value is -2.04. The fourth-order valence-corrected chi connectivity index (χ4v) is 2.35. The number of carbonyl (C=O) groups is 2. The molecule has 1 aromatic rings. The van der Waals surface area contributed by atoms with Gasteiger partial charge in [0.15, 0.2) is 0 Å². The number of unbranched alkanes of at least 4 members (excludes halogenated alkanes) is 7. The number of hydrogen-bond acceptors (Lipinski definition) is 3. The first kappa shape index (κ1) is 19.0. The Bertz CT molecular complexity index is 470. The van der Waals surface area contributed by atoms with Crippen LogP contribution in [0, 0.1) is 0 Å². The SMILES string of the molecule is NC(=O)CCCCCCCCCCOc1ccc(C(=O)O)cc1. The van der Waals surface area contributed by atoms with E-state index in [2.05, 4.69) is 0 Å². The minimum Gasteiger partial charge on any atom is -0.494 e.